The van der Waals surface area contributed by atoms with Crippen LogP contribution in [0.5, 0.6) is 28.7 Å². The van der Waals surface area contributed by atoms with E-state index in [4.69, 9.17) is 28.1 Å². The molecule has 0 aromatic heterocycles. The second kappa shape index (κ2) is 14.0. The summed E-state index contributed by atoms with van der Waals surface area (Å²) in [5, 5.41) is 83.2. The third-order valence-corrected chi connectivity index (χ3v) is 8.09. The Morgan fingerprint density at radius 2 is 1.68 bits per heavy atom. The number of benzene rings is 3. The number of hydrogen-bond donors (Lipinski definition) is 8. The first-order valence-electron chi connectivity index (χ1n) is 15.1. The molecular weight excluding hydrogens is 664 g/mol. The molecule has 0 saturated carbocycles. The van der Waals surface area contributed by atoms with Crippen molar-refractivity contribution in [1.29, 1.82) is 0 Å². The topological polar surface area (TPSA) is 260 Å². The van der Waals surface area contributed by atoms with Gasteiger partial charge in [-0.05, 0) is 48.0 Å². The van der Waals surface area contributed by atoms with Crippen molar-refractivity contribution in [3.8, 4) is 51.4 Å². The van der Waals surface area contributed by atoms with E-state index in [-0.39, 0.29) is 34.1 Å². The molecule has 50 heavy (non-hydrogen) atoms. The molecule has 7 atom stereocenters. The van der Waals surface area contributed by atoms with Crippen molar-refractivity contribution in [2.45, 2.75) is 42.6 Å². The van der Waals surface area contributed by atoms with E-state index < -0.39 is 91.1 Å². The van der Waals surface area contributed by atoms with Gasteiger partial charge in [0.05, 0.1) is 24.9 Å². The van der Waals surface area contributed by atoms with Gasteiger partial charge < -0.3 is 73.7 Å². The summed E-state index contributed by atoms with van der Waals surface area (Å²) in [7, 11) is 0. The van der Waals surface area contributed by atoms with Crippen LogP contribution in [0.4, 0.5) is 0 Å². The normalized spacial score (nSPS) is 26.7. The van der Waals surface area contributed by atoms with Gasteiger partial charge >= 0.3 is 5.97 Å². The minimum Gasteiger partial charge on any atom is -0.508 e. The first-order valence-corrected chi connectivity index (χ1v) is 15.1. The molecule has 2 aromatic carbocycles. The van der Waals surface area contributed by atoms with E-state index in [2.05, 4.69) is 0 Å². The highest BCUT2D eigenvalue weighted by molar-refractivity contribution is 5.88. The van der Waals surface area contributed by atoms with Crippen LogP contribution in [0.25, 0.3) is 28.7 Å². The minimum absolute atomic E-state index is 0.0396. The molecule has 16 heteroatoms. The zero-order valence-corrected chi connectivity index (χ0v) is 25.9. The van der Waals surface area contributed by atoms with Gasteiger partial charge in [0.25, 0.3) is 0 Å². The number of phenols is 4. The predicted molar refractivity (Wildman–Crippen MR) is 170 cm³/mol. The number of aromatic hydroxyl groups is 4. The number of fused-ring (bicyclic) bond motifs is 1. The van der Waals surface area contributed by atoms with Gasteiger partial charge in [-0.3, -0.25) is 4.79 Å². The van der Waals surface area contributed by atoms with Crippen molar-refractivity contribution in [1.82, 2.24) is 0 Å². The number of aliphatic hydroxyl groups is 4. The second-order valence-electron chi connectivity index (χ2n) is 11.8. The molecule has 3 aliphatic heterocycles. The minimum atomic E-state index is -2.11. The highest BCUT2D eigenvalue weighted by Crippen LogP contribution is 2.43. The van der Waals surface area contributed by atoms with Crippen molar-refractivity contribution >= 4 is 12.0 Å². The molecule has 3 heterocycles. The van der Waals surface area contributed by atoms with Gasteiger partial charge in [-0.15, -0.1) is 0 Å². The lowest BCUT2D eigenvalue weighted by atomic mass is 10.0. The van der Waals surface area contributed by atoms with Crippen molar-refractivity contribution < 1.29 is 73.7 Å². The van der Waals surface area contributed by atoms with Crippen molar-refractivity contribution in [2.75, 3.05) is 19.8 Å². The molecule has 9 N–H and O–H groups in total. The molecule has 0 radical (unpaired) electrons. The standard InChI is InChI=1S/C34H32O16/c35-18-5-1-16(2-6-18)3-8-27(41)46-14-34(44)15-47-33(31(34)43)50-30-28(42)24(40)13-45-32(30)49-26-12-20-22(38)10-19(36)11-25(20)48-29(26)17-4-7-21(37)23(39)9-17/h1-12,24,28,30-33,35,37-40,42-44H,13-15H2/p+1/t24-,28+,30-,31+,32+,33+,34-/m1/s1. The molecule has 4 aliphatic rings. The average molecular weight is 698 g/mol. The van der Waals surface area contributed by atoms with E-state index in [1.807, 2.05) is 0 Å². The molecule has 0 amide bonds. The second-order valence-corrected chi connectivity index (χ2v) is 11.8. The maximum absolute atomic E-state index is 12.1. The highest BCUT2D eigenvalue weighted by atomic mass is 16.8. The fourth-order valence-electron chi connectivity index (χ4n) is 5.32. The van der Waals surface area contributed by atoms with E-state index in [0.29, 0.717) is 5.56 Å². The lowest BCUT2D eigenvalue weighted by molar-refractivity contribution is -0.297. The van der Waals surface area contributed by atoms with Gasteiger partial charge in [0.2, 0.25) is 12.9 Å². The van der Waals surface area contributed by atoms with Gasteiger partial charge in [-0.2, -0.15) is 0 Å². The number of hydrogen-bond acceptors (Lipinski definition) is 15. The van der Waals surface area contributed by atoms with Gasteiger partial charge in [0.1, 0.15) is 35.6 Å². The molecule has 2 fully saturated rings. The number of carbonyl (C=O) groups excluding carboxylic acids is 1. The summed E-state index contributed by atoms with van der Waals surface area (Å²) < 4.78 is 34.1. The van der Waals surface area contributed by atoms with E-state index in [0.717, 1.165) is 18.2 Å². The molecule has 0 bridgehead atoms. The summed E-state index contributed by atoms with van der Waals surface area (Å²) in [4.78, 5) is 22.2. The summed E-state index contributed by atoms with van der Waals surface area (Å²) in [5.74, 6) is -2.27. The van der Waals surface area contributed by atoms with Crippen molar-refractivity contribution in [3.63, 3.8) is 0 Å². The summed E-state index contributed by atoms with van der Waals surface area (Å²) >= 11 is 0. The summed E-state index contributed by atoms with van der Waals surface area (Å²) in [5.41, 5.74) is -1.85. The fraction of sp³-hybridized carbons (Fsp3) is 0.294. The quantitative estimate of drug-likeness (QED) is 0.0520. The smallest absolute Gasteiger partial charge is 0.508 e. The van der Waals surface area contributed by atoms with Crippen LogP contribution >= 0.6 is 0 Å². The van der Waals surface area contributed by atoms with Crippen LogP contribution in [0.15, 0.2) is 76.0 Å². The Balaban J connectivity index is 1.21. The van der Waals surface area contributed by atoms with Crippen LogP contribution in [0, 0.1) is 0 Å². The number of ether oxygens (including phenoxy) is 5. The number of esters is 1. The number of aliphatic hydroxyl groups excluding tert-OH is 3. The largest absolute Gasteiger partial charge is 0.510 e. The van der Waals surface area contributed by atoms with Crippen LogP contribution in [0.2, 0.25) is 0 Å². The SMILES string of the molecule is O=c1cc2oc(-c3ccc(O)c(O)c3)c(O[C@@H]3OC[C@@H](O)[C@H](O)[C@H]3O[C@@H]3OC[C@](O)(COC(=[OH+])C=Cc4ccc(O)cc4)[C@H]3O)cc-2c(O)c1. The maximum atomic E-state index is 12.1. The van der Waals surface area contributed by atoms with Crippen LogP contribution in [0.3, 0.4) is 0 Å². The van der Waals surface area contributed by atoms with Gasteiger partial charge in [-0.25, -0.2) is 0 Å². The monoisotopic (exact) mass is 697 g/mol. The first-order chi connectivity index (χ1) is 23.8. The van der Waals surface area contributed by atoms with Crippen molar-refractivity contribution in [2.24, 2.45) is 0 Å². The van der Waals surface area contributed by atoms with Crippen molar-refractivity contribution in [3.05, 3.63) is 82.5 Å². The maximum Gasteiger partial charge on any atom is 0.510 e. The highest BCUT2D eigenvalue weighted by Gasteiger charge is 2.54. The number of phenolic OH excluding ortho intramolecular Hbond substituents is 4. The van der Waals surface area contributed by atoms with Crippen LogP contribution < -0.4 is 10.2 Å². The van der Waals surface area contributed by atoms with E-state index in [9.17, 15) is 50.4 Å². The summed E-state index contributed by atoms with van der Waals surface area (Å²) in [6.07, 6.45) is -7.10. The zero-order valence-electron chi connectivity index (χ0n) is 25.9. The van der Waals surface area contributed by atoms with Gasteiger partial charge in [0, 0.05) is 17.7 Å². The molecule has 2 aromatic rings. The Kier molecular flexibility index (Phi) is 9.68. The third-order valence-electron chi connectivity index (χ3n) is 8.09. The fourth-order valence-corrected chi connectivity index (χ4v) is 5.32. The molecular formula is C34H33O16+. The lowest BCUT2D eigenvalue weighted by Crippen LogP contribution is -2.58. The van der Waals surface area contributed by atoms with Crippen LogP contribution in [-0.4, -0.2) is 114 Å². The van der Waals surface area contributed by atoms with Crippen LogP contribution in [-0.2, 0) is 18.9 Å². The Morgan fingerprint density at radius 1 is 0.920 bits per heavy atom. The average Bonchev–Trinajstić information content (AvgIpc) is 3.36. The number of rotatable bonds is 9. The zero-order chi connectivity index (χ0) is 35.7. The molecule has 264 valence electrons. The molecule has 6 rings (SSSR count). The first kappa shape index (κ1) is 34.7. The molecule has 16 nitrogen and oxygen atoms in total. The van der Waals surface area contributed by atoms with Crippen LogP contribution in [0.1, 0.15) is 5.56 Å². The molecule has 1 aliphatic carbocycles. The third kappa shape index (κ3) is 7.22. The molecule has 2 saturated heterocycles. The van der Waals surface area contributed by atoms with Gasteiger partial charge in [0.15, 0.2) is 46.4 Å². The Bertz CT molecular complexity index is 1900. The summed E-state index contributed by atoms with van der Waals surface area (Å²) in [6.45, 7) is -1.62. The Hall–Kier alpha value is -5.20. The predicted octanol–water partition coefficient (Wildman–Crippen LogP) is 0.757. The lowest BCUT2D eigenvalue weighted by Gasteiger charge is -2.39. The Labute approximate surface area is 282 Å². The molecule has 0 spiro atoms. The van der Waals surface area contributed by atoms with E-state index >= 15 is 0 Å². The van der Waals surface area contributed by atoms with E-state index in [1.165, 1.54) is 42.5 Å². The Morgan fingerprint density at radius 3 is 2.42 bits per heavy atom. The summed E-state index contributed by atoms with van der Waals surface area (Å²) in [6, 6.07) is 13.1. The molecule has 0 unspecified atom stereocenters. The van der Waals surface area contributed by atoms with Gasteiger partial charge in [-0.1, -0.05) is 12.1 Å². The van der Waals surface area contributed by atoms with E-state index in [1.54, 1.807) is 12.1 Å².